The van der Waals surface area contributed by atoms with Gasteiger partial charge in [-0.15, -0.1) is 0 Å². The van der Waals surface area contributed by atoms with Crippen LogP contribution in [0.15, 0.2) is 12.3 Å². The van der Waals surface area contributed by atoms with E-state index in [4.69, 9.17) is 0 Å². The maximum Gasteiger partial charge on any atom is 0.0235 e. The van der Waals surface area contributed by atoms with Crippen LogP contribution in [0.4, 0.5) is 0 Å². The zero-order valence-electron chi connectivity index (χ0n) is 5.01. The summed E-state index contributed by atoms with van der Waals surface area (Å²) in [6.07, 6.45) is 7.41. The topological polar surface area (TPSA) is 3.24 Å². The van der Waals surface area contributed by atoms with Crippen LogP contribution >= 0.6 is 0 Å². The summed E-state index contributed by atoms with van der Waals surface area (Å²) in [5, 5.41) is 0. The third kappa shape index (κ3) is 0.540. The molecule has 1 atom stereocenters. The molecule has 2 rings (SSSR count). The van der Waals surface area contributed by atoms with Crippen LogP contribution in [0.25, 0.3) is 0 Å². The summed E-state index contributed by atoms with van der Waals surface area (Å²) >= 11 is 0. The van der Waals surface area contributed by atoms with E-state index in [0.29, 0.717) is 0 Å². The summed E-state index contributed by atoms with van der Waals surface area (Å²) in [5.41, 5.74) is 0. The van der Waals surface area contributed by atoms with Crippen molar-refractivity contribution in [3.05, 3.63) is 12.3 Å². The SMILES string of the molecule is C1=CN2CCCC1C2. The molecule has 44 valence electrons. The van der Waals surface area contributed by atoms with Crippen molar-refractivity contribution >= 4 is 0 Å². The van der Waals surface area contributed by atoms with E-state index in [1.165, 1.54) is 25.9 Å². The standard InChI is InChI=1S/C7H11N/c1-2-7-3-5-8(4-1)6-7/h3,5,7H,1-2,4,6H2. The van der Waals surface area contributed by atoms with E-state index in [1.54, 1.807) is 0 Å². The molecule has 2 heterocycles. The lowest BCUT2D eigenvalue weighted by Crippen LogP contribution is -2.24. The molecule has 0 aromatic rings. The Hall–Kier alpha value is -0.460. The number of piperidine rings is 1. The smallest absolute Gasteiger partial charge is 0.0235 e. The van der Waals surface area contributed by atoms with Crippen molar-refractivity contribution < 1.29 is 0 Å². The van der Waals surface area contributed by atoms with Crippen molar-refractivity contribution in [2.45, 2.75) is 12.8 Å². The van der Waals surface area contributed by atoms with E-state index in [2.05, 4.69) is 17.2 Å². The fourth-order valence-electron chi connectivity index (χ4n) is 1.58. The molecule has 2 aliphatic heterocycles. The lowest BCUT2D eigenvalue weighted by molar-refractivity contribution is 0.297. The van der Waals surface area contributed by atoms with Crippen molar-refractivity contribution in [2.75, 3.05) is 13.1 Å². The molecular formula is C7H11N. The van der Waals surface area contributed by atoms with Crippen LogP contribution in [0.2, 0.25) is 0 Å². The molecule has 0 amide bonds. The maximum atomic E-state index is 2.41. The van der Waals surface area contributed by atoms with Gasteiger partial charge in [-0.2, -0.15) is 0 Å². The van der Waals surface area contributed by atoms with Gasteiger partial charge >= 0.3 is 0 Å². The van der Waals surface area contributed by atoms with E-state index in [1.807, 2.05) is 0 Å². The number of fused-ring (bicyclic) bond motifs is 2. The van der Waals surface area contributed by atoms with Gasteiger partial charge in [-0.1, -0.05) is 6.08 Å². The highest BCUT2D eigenvalue weighted by molar-refractivity contribution is 5.00. The average Bonchev–Trinajstić information content (AvgIpc) is 2.12. The fourth-order valence-corrected chi connectivity index (χ4v) is 1.58. The molecule has 1 fully saturated rings. The van der Waals surface area contributed by atoms with Gasteiger partial charge < -0.3 is 4.90 Å². The summed E-state index contributed by atoms with van der Waals surface area (Å²) < 4.78 is 0. The number of hydrogen-bond donors (Lipinski definition) is 0. The molecule has 1 heteroatoms. The number of rotatable bonds is 0. The third-order valence-corrected chi connectivity index (χ3v) is 2.06. The minimum Gasteiger partial charge on any atom is -0.377 e. The van der Waals surface area contributed by atoms with Crippen LogP contribution in [0, 0.1) is 5.92 Å². The first-order valence-electron chi connectivity index (χ1n) is 3.37. The van der Waals surface area contributed by atoms with Gasteiger partial charge in [-0.25, -0.2) is 0 Å². The molecule has 0 saturated carbocycles. The molecule has 0 N–H and O–H groups in total. The average molecular weight is 109 g/mol. The first-order chi connectivity index (χ1) is 3.95. The van der Waals surface area contributed by atoms with Crippen LogP contribution < -0.4 is 0 Å². The fraction of sp³-hybridized carbons (Fsp3) is 0.714. The van der Waals surface area contributed by atoms with Gasteiger partial charge in [0.25, 0.3) is 0 Å². The summed E-state index contributed by atoms with van der Waals surface area (Å²) in [4.78, 5) is 2.41. The van der Waals surface area contributed by atoms with Gasteiger partial charge in [0.1, 0.15) is 0 Å². The Labute approximate surface area is 50.0 Å². The Bertz CT molecular complexity index is 106. The van der Waals surface area contributed by atoms with E-state index in [9.17, 15) is 0 Å². The van der Waals surface area contributed by atoms with Crippen LogP contribution in [-0.4, -0.2) is 18.0 Å². The Morgan fingerprint density at radius 2 is 2.50 bits per heavy atom. The zero-order valence-corrected chi connectivity index (χ0v) is 5.01. The molecule has 8 heavy (non-hydrogen) atoms. The Kier molecular flexibility index (Phi) is 0.833. The van der Waals surface area contributed by atoms with Gasteiger partial charge in [0.05, 0.1) is 0 Å². The van der Waals surface area contributed by atoms with Crippen LogP contribution in [0.3, 0.4) is 0 Å². The molecule has 0 aromatic heterocycles. The molecule has 1 nitrogen and oxygen atoms in total. The van der Waals surface area contributed by atoms with E-state index in [-0.39, 0.29) is 0 Å². The zero-order chi connectivity index (χ0) is 5.40. The number of hydrogen-bond acceptors (Lipinski definition) is 1. The molecule has 0 spiro atoms. The van der Waals surface area contributed by atoms with Gasteiger partial charge in [-0.05, 0) is 25.0 Å². The van der Waals surface area contributed by atoms with E-state index >= 15 is 0 Å². The van der Waals surface area contributed by atoms with Crippen LogP contribution in [0.5, 0.6) is 0 Å². The predicted octanol–water partition coefficient (Wildman–Crippen LogP) is 1.23. The van der Waals surface area contributed by atoms with Crippen LogP contribution in [0.1, 0.15) is 12.8 Å². The highest BCUT2D eigenvalue weighted by Gasteiger charge is 2.19. The summed E-state index contributed by atoms with van der Waals surface area (Å²) in [5.74, 6) is 0.906. The van der Waals surface area contributed by atoms with Gasteiger partial charge in [0.2, 0.25) is 0 Å². The van der Waals surface area contributed by atoms with E-state index in [0.717, 1.165) is 5.92 Å². The molecule has 1 unspecified atom stereocenters. The summed E-state index contributed by atoms with van der Waals surface area (Å²) in [6, 6.07) is 0. The Morgan fingerprint density at radius 1 is 1.50 bits per heavy atom. The molecule has 0 aliphatic carbocycles. The first-order valence-corrected chi connectivity index (χ1v) is 3.37. The molecule has 2 aliphatic rings. The molecule has 0 radical (unpaired) electrons. The molecule has 0 aromatic carbocycles. The quantitative estimate of drug-likeness (QED) is 0.452. The summed E-state index contributed by atoms with van der Waals surface area (Å²) in [7, 11) is 0. The van der Waals surface area contributed by atoms with Crippen molar-refractivity contribution in [2.24, 2.45) is 5.92 Å². The summed E-state index contributed by atoms with van der Waals surface area (Å²) in [6.45, 7) is 2.60. The van der Waals surface area contributed by atoms with Crippen molar-refractivity contribution in [1.82, 2.24) is 4.90 Å². The normalized spacial score (nSPS) is 34.0. The Balaban J connectivity index is 2.13. The Morgan fingerprint density at radius 3 is 3.25 bits per heavy atom. The minimum absolute atomic E-state index is 0.906. The first kappa shape index (κ1) is 4.42. The van der Waals surface area contributed by atoms with Crippen LogP contribution in [-0.2, 0) is 0 Å². The lowest BCUT2D eigenvalue weighted by atomic mass is 10.0. The van der Waals surface area contributed by atoms with Gasteiger partial charge in [-0.3, -0.25) is 0 Å². The second-order valence-corrected chi connectivity index (χ2v) is 2.74. The number of nitrogens with zero attached hydrogens (tertiary/aromatic N) is 1. The predicted molar refractivity (Wildman–Crippen MR) is 33.4 cm³/mol. The minimum atomic E-state index is 0.906. The van der Waals surface area contributed by atoms with Crippen molar-refractivity contribution in [3.8, 4) is 0 Å². The van der Waals surface area contributed by atoms with Crippen molar-refractivity contribution in [1.29, 1.82) is 0 Å². The molecule has 2 bridgehead atoms. The highest BCUT2D eigenvalue weighted by atomic mass is 15.1. The lowest BCUT2D eigenvalue weighted by Gasteiger charge is -2.22. The van der Waals surface area contributed by atoms with Gasteiger partial charge in [0, 0.05) is 13.1 Å². The second-order valence-electron chi connectivity index (χ2n) is 2.74. The second kappa shape index (κ2) is 1.51. The maximum absolute atomic E-state index is 2.41. The van der Waals surface area contributed by atoms with E-state index < -0.39 is 0 Å². The molecule has 1 saturated heterocycles. The highest BCUT2D eigenvalue weighted by Crippen LogP contribution is 2.22. The largest absolute Gasteiger partial charge is 0.377 e. The third-order valence-electron chi connectivity index (χ3n) is 2.06. The van der Waals surface area contributed by atoms with Gasteiger partial charge in [0.15, 0.2) is 0 Å². The van der Waals surface area contributed by atoms with Crippen molar-refractivity contribution in [3.63, 3.8) is 0 Å². The molecular weight excluding hydrogens is 98.1 g/mol. The monoisotopic (exact) mass is 109 g/mol.